The topological polar surface area (TPSA) is 122 Å². The van der Waals surface area contributed by atoms with Gasteiger partial charge in [-0.2, -0.15) is 0 Å². The second kappa shape index (κ2) is 25.4. The van der Waals surface area contributed by atoms with Gasteiger partial charge in [-0.1, -0.05) is 62.4 Å². The maximum atomic E-state index is 13.8. The molecule has 3 amide bonds. The zero-order chi connectivity index (χ0) is 36.6. The van der Waals surface area contributed by atoms with Crippen molar-refractivity contribution in [3.8, 4) is 24.2 Å². The summed E-state index contributed by atoms with van der Waals surface area (Å²) in [6, 6.07) is 7.54. The first-order chi connectivity index (χ1) is 23.5. The monoisotopic (exact) mass is 692 g/mol. The summed E-state index contributed by atoms with van der Waals surface area (Å²) in [6.45, 7) is -0.0968. The average Bonchev–Trinajstić information content (AvgIpc) is 3.11. The molecule has 0 spiro atoms. The summed E-state index contributed by atoms with van der Waals surface area (Å²) in [4.78, 5) is 43.6. The van der Waals surface area contributed by atoms with Crippen molar-refractivity contribution in [2.24, 2.45) is 11.8 Å². The first-order valence-electron chi connectivity index (χ1n) is 16.9. The van der Waals surface area contributed by atoms with Gasteiger partial charge in [-0.25, -0.2) is 13.2 Å². The number of hydrogen-bond donors (Lipinski definition) is 4. The highest BCUT2D eigenvalue weighted by Crippen LogP contribution is 2.29. The summed E-state index contributed by atoms with van der Waals surface area (Å²) in [6.07, 6.45) is 9.47. The molecule has 9 nitrogen and oxygen atoms in total. The molecule has 0 saturated heterocycles. The summed E-state index contributed by atoms with van der Waals surface area (Å²) in [5.41, 5.74) is 0.862. The Morgan fingerprint density at radius 3 is 2.24 bits per heavy atom. The highest BCUT2D eigenvalue weighted by atomic mass is 19.3. The predicted molar refractivity (Wildman–Crippen MR) is 185 cm³/mol. The Balaban J connectivity index is 0.00000385. The van der Waals surface area contributed by atoms with Gasteiger partial charge in [0.15, 0.2) is 0 Å². The van der Waals surface area contributed by atoms with Crippen LogP contribution in [0.5, 0.6) is 0 Å². The molecule has 1 saturated carbocycles. The third-order valence-electron chi connectivity index (χ3n) is 8.71. The number of likely N-dealkylation sites (N-methyl/N-ethyl adjacent to an activating group) is 2. The van der Waals surface area contributed by atoms with Crippen LogP contribution in [-0.2, 0) is 20.8 Å². The van der Waals surface area contributed by atoms with Crippen LogP contribution in [0.1, 0.15) is 76.7 Å². The zero-order valence-corrected chi connectivity index (χ0v) is 29.2. The van der Waals surface area contributed by atoms with Crippen LogP contribution in [0.3, 0.4) is 0 Å². The van der Waals surface area contributed by atoms with E-state index < -0.39 is 55.8 Å². The summed E-state index contributed by atoms with van der Waals surface area (Å²) in [5.74, 6) is 6.38. The summed E-state index contributed by atoms with van der Waals surface area (Å²) in [5, 5.41) is 27.5. The van der Waals surface area contributed by atoms with Gasteiger partial charge in [0.25, 0.3) is 0 Å². The number of aliphatic hydroxyl groups excluding tert-OH is 2. The lowest BCUT2D eigenvalue weighted by Crippen LogP contribution is -2.56. The van der Waals surface area contributed by atoms with Crippen molar-refractivity contribution in [1.82, 2.24) is 20.4 Å². The lowest BCUT2D eigenvalue weighted by atomic mass is 9.82. The van der Waals surface area contributed by atoms with Crippen LogP contribution < -0.4 is 10.6 Å². The second-order valence-corrected chi connectivity index (χ2v) is 12.6. The van der Waals surface area contributed by atoms with Crippen LogP contribution in [0, 0.1) is 36.0 Å². The van der Waals surface area contributed by atoms with E-state index in [-0.39, 0.29) is 38.0 Å². The van der Waals surface area contributed by atoms with Crippen LogP contribution in [0.4, 0.5) is 13.2 Å². The normalized spacial score (nSPS) is 15.9. The maximum absolute atomic E-state index is 13.8. The van der Waals surface area contributed by atoms with Crippen LogP contribution >= 0.6 is 0 Å². The Labute approximate surface area is 290 Å². The SMILES string of the molecule is C#CCCC(O)C(O)C(CC1CCCCC1)NC(=O)[C@H](CC#CC)NC(=O)C(CC(=O)N(C)CCN(C)CF)Cc1ccccc1.FCF. The van der Waals surface area contributed by atoms with Gasteiger partial charge in [0.1, 0.15) is 18.9 Å². The van der Waals surface area contributed by atoms with Crippen molar-refractivity contribution in [2.45, 2.75) is 102 Å². The van der Waals surface area contributed by atoms with Gasteiger partial charge >= 0.3 is 0 Å². The minimum Gasteiger partial charge on any atom is -0.390 e. The van der Waals surface area contributed by atoms with Crippen LogP contribution in [0.15, 0.2) is 30.3 Å². The molecule has 1 aromatic carbocycles. The molecule has 1 aliphatic rings. The minimum atomic E-state index is -1.75. The Bertz CT molecular complexity index is 1200. The first-order valence-corrected chi connectivity index (χ1v) is 16.9. The molecule has 0 bridgehead atoms. The van der Waals surface area contributed by atoms with E-state index in [0.717, 1.165) is 37.7 Å². The van der Waals surface area contributed by atoms with Crippen molar-refractivity contribution >= 4 is 17.7 Å². The van der Waals surface area contributed by atoms with Crippen molar-refractivity contribution in [3.05, 3.63) is 35.9 Å². The molecule has 5 atom stereocenters. The van der Waals surface area contributed by atoms with E-state index in [4.69, 9.17) is 6.42 Å². The molecule has 49 heavy (non-hydrogen) atoms. The van der Waals surface area contributed by atoms with Gasteiger partial charge in [0.2, 0.25) is 24.6 Å². The third kappa shape index (κ3) is 17.6. The lowest BCUT2D eigenvalue weighted by molar-refractivity contribution is -0.137. The molecule has 274 valence electrons. The number of halogens is 3. The van der Waals surface area contributed by atoms with Crippen molar-refractivity contribution in [1.29, 1.82) is 0 Å². The number of amides is 3. The molecule has 4 N–H and O–H groups in total. The molecule has 1 aliphatic carbocycles. The number of nitrogens with zero attached hydrogens (tertiary/aromatic N) is 2. The zero-order valence-electron chi connectivity index (χ0n) is 29.2. The Morgan fingerprint density at radius 1 is 1.00 bits per heavy atom. The standard InChI is InChI=1S/C36H53FN4O5.CH2F2/c1-5-7-19-30(36(46)39-31(24-28-17-13-10-14-18-28)34(44)32(42)20-8-6-2)38-35(45)29(23-27-15-11-9-12-16-27)25-33(43)41(4)22-21-40(3)26-37;2-1-3/h2,9,11-12,15-16,28-32,34,42,44H,8,10,13-14,17-26H2,1,3-4H3,(H,38,45)(H,39,46);1H2/t29?,30-,31?,32?,34?;/m0./s1. The fourth-order valence-electron chi connectivity index (χ4n) is 5.75. The number of carbonyl (C=O) groups excluding carboxylic acids is 3. The maximum Gasteiger partial charge on any atom is 0.243 e. The van der Waals surface area contributed by atoms with Crippen LogP contribution in [0.25, 0.3) is 0 Å². The van der Waals surface area contributed by atoms with Gasteiger partial charge in [-0.05, 0) is 44.7 Å². The number of carbonyl (C=O) groups is 3. The fourth-order valence-corrected chi connectivity index (χ4v) is 5.75. The van der Waals surface area contributed by atoms with E-state index in [9.17, 15) is 37.8 Å². The number of terminal acetylenes is 1. The summed E-state index contributed by atoms with van der Waals surface area (Å²) >= 11 is 0. The minimum absolute atomic E-state index is 0.0292. The van der Waals surface area contributed by atoms with Crippen molar-refractivity contribution < 1.29 is 37.8 Å². The van der Waals surface area contributed by atoms with E-state index in [1.807, 2.05) is 30.3 Å². The lowest BCUT2D eigenvalue weighted by Gasteiger charge is -2.33. The Morgan fingerprint density at radius 2 is 1.65 bits per heavy atom. The smallest absolute Gasteiger partial charge is 0.243 e. The molecule has 1 fully saturated rings. The number of aliphatic hydroxyl groups is 2. The largest absolute Gasteiger partial charge is 0.390 e. The molecule has 0 aromatic heterocycles. The Hall–Kier alpha value is -3.58. The molecule has 0 radical (unpaired) electrons. The van der Waals surface area contributed by atoms with Gasteiger partial charge < -0.3 is 25.7 Å². The number of nitrogens with one attached hydrogen (secondary N) is 2. The Kier molecular flexibility index (Phi) is 22.5. The predicted octanol–water partition coefficient (Wildman–Crippen LogP) is 3.92. The quantitative estimate of drug-likeness (QED) is 0.129. The van der Waals surface area contributed by atoms with Gasteiger partial charge in [0, 0.05) is 39.4 Å². The molecule has 0 heterocycles. The van der Waals surface area contributed by atoms with Crippen molar-refractivity contribution in [3.63, 3.8) is 0 Å². The molecular formula is C37H55F3N4O5. The molecule has 4 unspecified atom stereocenters. The number of alkyl halides is 3. The molecule has 12 heteroatoms. The fraction of sp³-hybridized carbons (Fsp3) is 0.649. The molecular weight excluding hydrogens is 637 g/mol. The highest BCUT2D eigenvalue weighted by molar-refractivity contribution is 5.91. The van der Waals surface area contributed by atoms with E-state index >= 15 is 0 Å². The number of rotatable bonds is 19. The molecule has 0 aliphatic heterocycles. The third-order valence-corrected chi connectivity index (χ3v) is 8.71. The highest BCUT2D eigenvalue weighted by Gasteiger charge is 2.34. The van der Waals surface area contributed by atoms with Gasteiger partial charge in [-0.15, -0.1) is 24.2 Å². The summed E-state index contributed by atoms with van der Waals surface area (Å²) < 4.78 is 32.1. The second-order valence-electron chi connectivity index (χ2n) is 12.6. The number of hydrogen-bond acceptors (Lipinski definition) is 6. The van der Waals surface area contributed by atoms with Crippen molar-refractivity contribution in [2.75, 3.05) is 40.9 Å². The van der Waals surface area contributed by atoms with E-state index in [2.05, 4.69) is 28.4 Å². The van der Waals surface area contributed by atoms with E-state index in [1.54, 1.807) is 21.0 Å². The van der Waals surface area contributed by atoms with Crippen LogP contribution in [0.2, 0.25) is 0 Å². The van der Waals surface area contributed by atoms with Crippen LogP contribution in [-0.4, -0.2) is 103 Å². The first kappa shape index (κ1) is 43.4. The molecule has 1 aromatic rings. The molecule has 2 rings (SSSR count). The van der Waals surface area contributed by atoms with Gasteiger partial charge in [-0.3, -0.25) is 19.3 Å². The van der Waals surface area contributed by atoms with E-state index in [0.29, 0.717) is 25.4 Å². The summed E-state index contributed by atoms with van der Waals surface area (Å²) in [7, 11) is 3.24. The van der Waals surface area contributed by atoms with Gasteiger partial charge in [0.05, 0.1) is 18.1 Å². The van der Waals surface area contributed by atoms with E-state index in [1.165, 1.54) is 9.80 Å². The average molecular weight is 693 g/mol. The number of benzene rings is 1.